The third kappa shape index (κ3) is 4.40. The number of allylic oxidation sites excluding steroid dienone is 2. The minimum absolute atomic E-state index is 0.159. The summed E-state index contributed by atoms with van der Waals surface area (Å²) in [7, 11) is 0. The van der Waals surface area contributed by atoms with Crippen molar-refractivity contribution in [2.75, 3.05) is 22.9 Å². The van der Waals surface area contributed by atoms with Crippen molar-refractivity contribution in [1.82, 2.24) is 9.97 Å². The minimum atomic E-state index is -0.457. The van der Waals surface area contributed by atoms with E-state index in [2.05, 4.69) is 39.2 Å². The molecule has 2 aromatic heterocycles. The van der Waals surface area contributed by atoms with Crippen LogP contribution in [0.3, 0.4) is 0 Å². The minimum Gasteiger partial charge on any atom is -0.366 e. The first-order valence-corrected chi connectivity index (χ1v) is 11.0. The van der Waals surface area contributed by atoms with Gasteiger partial charge in [-0.3, -0.25) is 4.98 Å². The van der Waals surface area contributed by atoms with E-state index in [9.17, 15) is 4.91 Å². The van der Waals surface area contributed by atoms with Crippen molar-refractivity contribution >= 4 is 17.1 Å². The Morgan fingerprint density at radius 1 is 1.34 bits per heavy atom. The second kappa shape index (κ2) is 9.31. The SMILES string of the molecule is C=C(C)c1ccc2c(n1)N(C(=C)Cc1ccc(CCC(CC#N)N=O)cn1)[C@H]1CCN2C1. The second-order valence-electron chi connectivity index (χ2n) is 8.64. The summed E-state index contributed by atoms with van der Waals surface area (Å²) in [5.41, 5.74) is 5.98. The average Bonchev–Trinajstić information content (AvgIpc) is 3.21. The molecular weight excluding hydrogens is 400 g/mol. The average molecular weight is 429 g/mol. The Morgan fingerprint density at radius 3 is 2.88 bits per heavy atom. The standard InChI is InChI=1S/C25H28N6O/c1-17(2)23-8-9-24-25(28-23)31(22-11-13-30(24)16-22)18(3)14-21-7-5-19(15-27-21)4-6-20(29-32)10-12-26/h5,7-9,15,20,22H,1,3-4,6,10-11,13-14,16H2,2H3/t20?,22-/m0/s1. The van der Waals surface area contributed by atoms with Gasteiger partial charge >= 0.3 is 0 Å². The summed E-state index contributed by atoms with van der Waals surface area (Å²) in [6.45, 7) is 12.5. The Bertz CT molecular complexity index is 1070. The van der Waals surface area contributed by atoms with Gasteiger partial charge < -0.3 is 9.80 Å². The van der Waals surface area contributed by atoms with Crippen molar-refractivity contribution in [3.8, 4) is 6.07 Å². The Balaban J connectivity index is 1.47. The fraction of sp³-hybridized carbons (Fsp3) is 0.400. The lowest BCUT2D eigenvalue weighted by Gasteiger charge is -2.38. The van der Waals surface area contributed by atoms with E-state index in [1.165, 1.54) is 0 Å². The molecule has 164 valence electrons. The maximum atomic E-state index is 10.8. The van der Waals surface area contributed by atoms with Crippen LogP contribution in [0.1, 0.15) is 43.1 Å². The summed E-state index contributed by atoms with van der Waals surface area (Å²) in [5.74, 6) is 0.964. The monoisotopic (exact) mass is 428 g/mol. The molecule has 2 aromatic rings. The van der Waals surface area contributed by atoms with Gasteiger partial charge in [0.15, 0.2) is 5.82 Å². The number of fused-ring (bicyclic) bond motifs is 4. The van der Waals surface area contributed by atoms with Crippen molar-refractivity contribution in [1.29, 1.82) is 5.26 Å². The van der Waals surface area contributed by atoms with Crippen LogP contribution in [-0.2, 0) is 12.8 Å². The molecule has 0 radical (unpaired) electrons. The van der Waals surface area contributed by atoms with Crippen LogP contribution >= 0.6 is 0 Å². The van der Waals surface area contributed by atoms with Crippen molar-refractivity contribution < 1.29 is 0 Å². The molecule has 0 aliphatic carbocycles. The third-order valence-electron chi connectivity index (χ3n) is 6.24. The van der Waals surface area contributed by atoms with E-state index in [0.29, 0.717) is 25.3 Å². The van der Waals surface area contributed by atoms with Gasteiger partial charge in [0.2, 0.25) is 0 Å². The summed E-state index contributed by atoms with van der Waals surface area (Å²) in [4.78, 5) is 25.0. The Morgan fingerprint density at radius 2 is 2.19 bits per heavy atom. The molecule has 1 saturated heterocycles. The van der Waals surface area contributed by atoms with E-state index in [4.69, 9.17) is 10.2 Å². The number of nitriles is 1. The number of pyridine rings is 2. The molecule has 0 spiro atoms. The van der Waals surface area contributed by atoms with Crippen molar-refractivity contribution in [2.45, 2.75) is 51.1 Å². The maximum Gasteiger partial charge on any atom is 0.157 e. The lowest BCUT2D eigenvalue weighted by Crippen LogP contribution is -2.42. The number of hydrogen-bond donors (Lipinski definition) is 0. The third-order valence-corrected chi connectivity index (χ3v) is 6.24. The Kier molecular flexibility index (Phi) is 6.31. The Hall–Kier alpha value is -3.53. The molecule has 2 atom stereocenters. The predicted molar refractivity (Wildman–Crippen MR) is 127 cm³/mol. The summed E-state index contributed by atoms with van der Waals surface area (Å²) in [5, 5.41) is 11.8. The van der Waals surface area contributed by atoms with Crippen LogP contribution in [0.15, 0.2) is 54.5 Å². The van der Waals surface area contributed by atoms with Crippen LogP contribution in [-0.4, -0.2) is 35.1 Å². The van der Waals surface area contributed by atoms with E-state index in [-0.39, 0.29) is 6.42 Å². The van der Waals surface area contributed by atoms with Gasteiger partial charge in [0.25, 0.3) is 0 Å². The number of aryl methyl sites for hydroxylation is 1. The van der Waals surface area contributed by atoms with E-state index >= 15 is 0 Å². The molecule has 7 heteroatoms. The number of nitrogens with zero attached hydrogens (tertiary/aromatic N) is 6. The zero-order valence-corrected chi connectivity index (χ0v) is 18.5. The van der Waals surface area contributed by atoms with E-state index in [1.807, 2.05) is 37.4 Å². The van der Waals surface area contributed by atoms with Crippen molar-refractivity contribution in [3.05, 3.63) is 71.2 Å². The fourth-order valence-corrected chi connectivity index (χ4v) is 4.49. The first kappa shape index (κ1) is 21.7. The molecule has 2 bridgehead atoms. The molecule has 0 aromatic carbocycles. The summed E-state index contributed by atoms with van der Waals surface area (Å²) < 4.78 is 0. The number of nitroso groups, excluding NO2 is 1. The van der Waals surface area contributed by atoms with Crippen LogP contribution in [0.5, 0.6) is 0 Å². The predicted octanol–water partition coefficient (Wildman–Crippen LogP) is 4.65. The summed E-state index contributed by atoms with van der Waals surface area (Å²) >= 11 is 0. The van der Waals surface area contributed by atoms with E-state index in [0.717, 1.165) is 59.2 Å². The highest BCUT2D eigenvalue weighted by molar-refractivity contribution is 5.76. The summed E-state index contributed by atoms with van der Waals surface area (Å²) in [6.07, 6.45) is 4.96. The largest absolute Gasteiger partial charge is 0.366 e. The lowest BCUT2D eigenvalue weighted by atomic mass is 10.0. The molecule has 2 aliphatic heterocycles. The summed E-state index contributed by atoms with van der Waals surface area (Å²) in [6, 6.07) is 10.2. The van der Waals surface area contributed by atoms with Gasteiger partial charge in [-0.25, -0.2) is 4.98 Å². The fourth-order valence-electron chi connectivity index (χ4n) is 4.49. The number of hydrogen-bond acceptors (Lipinski definition) is 7. The first-order valence-electron chi connectivity index (χ1n) is 11.0. The van der Waals surface area contributed by atoms with Crippen LogP contribution < -0.4 is 9.80 Å². The molecule has 4 rings (SSSR count). The van der Waals surface area contributed by atoms with Crippen LogP contribution in [0.4, 0.5) is 11.5 Å². The van der Waals surface area contributed by atoms with E-state index < -0.39 is 6.04 Å². The highest BCUT2D eigenvalue weighted by atomic mass is 16.3. The molecule has 0 saturated carbocycles. The smallest absolute Gasteiger partial charge is 0.157 e. The zero-order valence-electron chi connectivity index (χ0n) is 18.5. The lowest BCUT2D eigenvalue weighted by molar-refractivity contribution is 0.623. The van der Waals surface area contributed by atoms with Crippen molar-refractivity contribution in [2.24, 2.45) is 5.18 Å². The van der Waals surface area contributed by atoms with Gasteiger partial charge in [0, 0.05) is 37.1 Å². The maximum absolute atomic E-state index is 10.8. The van der Waals surface area contributed by atoms with Gasteiger partial charge in [-0.15, -0.1) is 0 Å². The highest BCUT2D eigenvalue weighted by Gasteiger charge is 2.38. The van der Waals surface area contributed by atoms with Crippen molar-refractivity contribution in [3.63, 3.8) is 0 Å². The van der Waals surface area contributed by atoms with Gasteiger partial charge in [-0.1, -0.05) is 24.4 Å². The molecule has 32 heavy (non-hydrogen) atoms. The van der Waals surface area contributed by atoms with Crippen LogP contribution in [0.25, 0.3) is 5.57 Å². The molecule has 0 amide bonds. The molecule has 2 aliphatic rings. The molecule has 1 unspecified atom stereocenters. The van der Waals surface area contributed by atoms with Crippen LogP contribution in [0.2, 0.25) is 0 Å². The molecular formula is C25H28N6O. The normalized spacial score (nSPS) is 17.4. The van der Waals surface area contributed by atoms with Crippen LogP contribution in [0, 0.1) is 16.2 Å². The number of rotatable bonds is 9. The second-order valence-corrected chi connectivity index (χ2v) is 8.64. The van der Waals surface area contributed by atoms with Gasteiger partial charge in [-0.2, -0.15) is 10.2 Å². The van der Waals surface area contributed by atoms with Gasteiger partial charge in [-0.05, 0) is 55.5 Å². The topological polar surface area (TPSA) is 85.5 Å². The highest BCUT2D eigenvalue weighted by Crippen LogP contribution is 2.41. The number of aromatic nitrogens is 2. The van der Waals surface area contributed by atoms with E-state index in [1.54, 1.807) is 0 Å². The molecule has 7 nitrogen and oxygen atoms in total. The first-order chi connectivity index (χ1) is 15.5. The molecule has 4 heterocycles. The van der Waals surface area contributed by atoms with Gasteiger partial charge in [0.1, 0.15) is 6.04 Å². The number of anilines is 2. The Labute approximate surface area is 189 Å². The molecule has 0 N–H and O–H groups in total. The quantitative estimate of drug-likeness (QED) is 0.541. The van der Waals surface area contributed by atoms with Gasteiger partial charge in [0.05, 0.1) is 29.9 Å². The zero-order chi connectivity index (χ0) is 22.7. The molecule has 1 fully saturated rings.